The standard InChI is InChI=1S/C12H16BrClN2/c1-16(8-9-3-2-4-9)12-10(6-14)5-11(13)7-15-12/h5,7,9H,2-4,6,8H2,1H3. The fourth-order valence-electron chi connectivity index (χ4n) is 2.07. The molecular weight excluding hydrogens is 288 g/mol. The van der Waals surface area contributed by atoms with Crippen LogP contribution in [0.25, 0.3) is 0 Å². The summed E-state index contributed by atoms with van der Waals surface area (Å²) in [5, 5.41) is 0. The molecule has 0 atom stereocenters. The van der Waals surface area contributed by atoms with Crippen LogP contribution in [0.5, 0.6) is 0 Å². The Kier molecular flexibility index (Phi) is 4.09. The van der Waals surface area contributed by atoms with E-state index in [2.05, 4.69) is 32.9 Å². The SMILES string of the molecule is CN(CC1CCC1)c1ncc(Br)cc1CCl. The summed E-state index contributed by atoms with van der Waals surface area (Å²) in [7, 11) is 2.10. The first-order chi connectivity index (χ1) is 7.70. The van der Waals surface area contributed by atoms with Gasteiger partial charge in [-0.3, -0.25) is 0 Å². The summed E-state index contributed by atoms with van der Waals surface area (Å²) in [4.78, 5) is 6.69. The second-order valence-corrected chi connectivity index (χ2v) is 5.63. The highest BCUT2D eigenvalue weighted by molar-refractivity contribution is 9.10. The Morgan fingerprint density at radius 2 is 2.31 bits per heavy atom. The lowest BCUT2D eigenvalue weighted by Gasteiger charge is -2.31. The van der Waals surface area contributed by atoms with E-state index in [9.17, 15) is 0 Å². The first-order valence-corrected chi connectivity index (χ1v) is 6.95. The van der Waals surface area contributed by atoms with Crippen LogP contribution in [0.3, 0.4) is 0 Å². The van der Waals surface area contributed by atoms with Gasteiger partial charge in [0.15, 0.2) is 0 Å². The van der Waals surface area contributed by atoms with Crippen molar-refractivity contribution in [2.45, 2.75) is 25.1 Å². The number of hydrogen-bond acceptors (Lipinski definition) is 2. The van der Waals surface area contributed by atoms with Crippen LogP contribution in [0.2, 0.25) is 0 Å². The van der Waals surface area contributed by atoms with Crippen LogP contribution < -0.4 is 4.90 Å². The summed E-state index contributed by atoms with van der Waals surface area (Å²) in [6, 6.07) is 2.05. The lowest BCUT2D eigenvalue weighted by molar-refractivity contribution is 0.321. The van der Waals surface area contributed by atoms with Gasteiger partial charge in [-0.2, -0.15) is 0 Å². The van der Waals surface area contributed by atoms with Crippen molar-refractivity contribution in [2.75, 3.05) is 18.5 Å². The third-order valence-electron chi connectivity index (χ3n) is 3.17. The predicted octanol–water partition coefficient (Wildman–Crippen LogP) is 3.82. The maximum absolute atomic E-state index is 5.95. The number of nitrogens with zero attached hydrogens (tertiary/aromatic N) is 2. The number of aromatic nitrogens is 1. The zero-order chi connectivity index (χ0) is 11.5. The predicted molar refractivity (Wildman–Crippen MR) is 72.1 cm³/mol. The molecule has 88 valence electrons. The van der Waals surface area contributed by atoms with Gasteiger partial charge in [-0.25, -0.2) is 4.98 Å². The average Bonchev–Trinajstić information content (AvgIpc) is 2.23. The van der Waals surface area contributed by atoms with Crippen molar-refractivity contribution in [1.82, 2.24) is 4.98 Å². The molecule has 1 aliphatic rings. The van der Waals surface area contributed by atoms with Gasteiger partial charge in [-0.05, 0) is 40.8 Å². The molecule has 0 saturated heterocycles. The Morgan fingerprint density at radius 1 is 1.56 bits per heavy atom. The molecule has 4 heteroatoms. The minimum Gasteiger partial charge on any atom is -0.359 e. The summed E-state index contributed by atoms with van der Waals surface area (Å²) in [6.07, 6.45) is 5.94. The van der Waals surface area contributed by atoms with Crippen molar-refractivity contribution < 1.29 is 0 Å². The van der Waals surface area contributed by atoms with Gasteiger partial charge in [-0.15, -0.1) is 11.6 Å². The molecule has 1 aromatic rings. The van der Waals surface area contributed by atoms with E-state index >= 15 is 0 Å². The van der Waals surface area contributed by atoms with Crippen LogP contribution in [-0.4, -0.2) is 18.6 Å². The summed E-state index contributed by atoms with van der Waals surface area (Å²) >= 11 is 9.37. The van der Waals surface area contributed by atoms with Gasteiger partial charge in [0.25, 0.3) is 0 Å². The Bertz CT molecular complexity index is 366. The van der Waals surface area contributed by atoms with Gasteiger partial charge in [0.2, 0.25) is 0 Å². The molecule has 0 spiro atoms. The fraction of sp³-hybridized carbons (Fsp3) is 0.583. The van der Waals surface area contributed by atoms with Crippen molar-refractivity contribution in [3.05, 3.63) is 22.3 Å². The Hall–Kier alpha value is -0.280. The van der Waals surface area contributed by atoms with Crippen LogP contribution in [0.1, 0.15) is 24.8 Å². The molecule has 0 radical (unpaired) electrons. The minimum atomic E-state index is 0.511. The van der Waals surface area contributed by atoms with Crippen molar-refractivity contribution in [3.63, 3.8) is 0 Å². The molecule has 1 heterocycles. The van der Waals surface area contributed by atoms with Crippen molar-refractivity contribution in [2.24, 2.45) is 5.92 Å². The number of halogens is 2. The third kappa shape index (κ3) is 2.69. The van der Waals surface area contributed by atoms with E-state index < -0.39 is 0 Å². The molecule has 0 bridgehead atoms. The van der Waals surface area contributed by atoms with Gasteiger partial charge < -0.3 is 4.90 Å². The van der Waals surface area contributed by atoms with E-state index in [0.717, 1.165) is 28.3 Å². The molecule has 2 nitrogen and oxygen atoms in total. The molecule has 0 amide bonds. The molecule has 1 aromatic heterocycles. The first kappa shape index (κ1) is 12.2. The monoisotopic (exact) mass is 302 g/mol. The number of alkyl halides is 1. The van der Waals surface area contributed by atoms with Crippen LogP contribution in [-0.2, 0) is 5.88 Å². The number of hydrogen-bond donors (Lipinski definition) is 0. The number of pyridine rings is 1. The highest BCUT2D eigenvalue weighted by atomic mass is 79.9. The Morgan fingerprint density at radius 3 is 2.88 bits per heavy atom. The van der Waals surface area contributed by atoms with Gasteiger partial charge in [0.1, 0.15) is 5.82 Å². The Balaban J connectivity index is 2.11. The zero-order valence-electron chi connectivity index (χ0n) is 9.42. The van der Waals surface area contributed by atoms with Gasteiger partial charge in [-0.1, -0.05) is 6.42 Å². The molecule has 16 heavy (non-hydrogen) atoms. The van der Waals surface area contributed by atoms with Crippen molar-refractivity contribution in [1.29, 1.82) is 0 Å². The molecular formula is C12H16BrClN2. The first-order valence-electron chi connectivity index (χ1n) is 5.62. The maximum Gasteiger partial charge on any atom is 0.132 e. The lowest BCUT2D eigenvalue weighted by Crippen LogP contribution is -2.30. The number of rotatable bonds is 4. The van der Waals surface area contributed by atoms with Crippen LogP contribution >= 0.6 is 27.5 Å². The van der Waals surface area contributed by atoms with E-state index in [1.54, 1.807) is 0 Å². The normalized spacial score (nSPS) is 15.9. The van der Waals surface area contributed by atoms with Gasteiger partial charge in [0, 0.05) is 29.8 Å². The average molecular weight is 304 g/mol. The molecule has 2 rings (SSSR count). The third-order valence-corrected chi connectivity index (χ3v) is 3.89. The highest BCUT2D eigenvalue weighted by Crippen LogP contribution is 2.29. The quantitative estimate of drug-likeness (QED) is 0.786. The van der Waals surface area contributed by atoms with E-state index in [4.69, 9.17) is 11.6 Å². The van der Waals surface area contributed by atoms with Crippen LogP contribution in [0, 0.1) is 5.92 Å². The molecule has 0 aliphatic heterocycles. The van der Waals surface area contributed by atoms with E-state index in [1.165, 1.54) is 19.3 Å². The lowest BCUT2D eigenvalue weighted by atomic mass is 9.85. The van der Waals surface area contributed by atoms with E-state index in [-0.39, 0.29) is 0 Å². The smallest absolute Gasteiger partial charge is 0.132 e. The van der Waals surface area contributed by atoms with Crippen LogP contribution in [0.15, 0.2) is 16.7 Å². The Labute approximate surface area is 110 Å². The largest absolute Gasteiger partial charge is 0.359 e. The molecule has 0 unspecified atom stereocenters. The van der Waals surface area contributed by atoms with Gasteiger partial charge in [0.05, 0.1) is 5.88 Å². The number of anilines is 1. The van der Waals surface area contributed by atoms with Crippen molar-refractivity contribution in [3.8, 4) is 0 Å². The van der Waals surface area contributed by atoms with Crippen LogP contribution in [0.4, 0.5) is 5.82 Å². The fourth-order valence-corrected chi connectivity index (χ4v) is 2.64. The molecule has 1 aliphatic carbocycles. The summed E-state index contributed by atoms with van der Waals surface area (Å²) in [5.74, 6) is 2.38. The van der Waals surface area contributed by atoms with E-state index in [1.807, 2.05) is 12.3 Å². The molecule has 1 saturated carbocycles. The topological polar surface area (TPSA) is 16.1 Å². The molecule has 0 aromatic carbocycles. The second kappa shape index (κ2) is 5.37. The highest BCUT2D eigenvalue weighted by Gasteiger charge is 2.20. The summed E-state index contributed by atoms with van der Waals surface area (Å²) < 4.78 is 0.990. The summed E-state index contributed by atoms with van der Waals surface area (Å²) in [6.45, 7) is 1.10. The molecule has 0 N–H and O–H groups in total. The second-order valence-electron chi connectivity index (χ2n) is 4.45. The van der Waals surface area contributed by atoms with E-state index in [0.29, 0.717) is 5.88 Å². The zero-order valence-corrected chi connectivity index (χ0v) is 11.8. The van der Waals surface area contributed by atoms with Crippen molar-refractivity contribution >= 4 is 33.3 Å². The molecule has 1 fully saturated rings. The minimum absolute atomic E-state index is 0.511. The maximum atomic E-state index is 5.95. The summed E-state index contributed by atoms with van der Waals surface area (Å²) in [5.41, 5.74) is 1.10. The van der Waals surface area contributed by atoms with Gasteiger partial charge >= 0.3 is 0 Å².